The predicted octanol–water partition coefficient (Wildman–Crippen LogP) is 5.76. The standard InChI is InChI=1S/C16H16Br2FN/c1-10(12-4-3-5-14(19)8-12)20-11(2)15-7-6-13(17)9-16(15)18/h3-11,20H,1-2H3/t10-,11?/m1/s1. The smallest absolute Gasteiger partial charge is 0.123 e. The summed E-state index contributed by atoms with van der Waals surface area (Å²) in [6, 6.07) is 13.1. The zero-order chi connectivity index (χ0) is 14.7. The number of hydrogen-bond acceptors (Lipinski definition) is 1. The highest BCUT2D eigenvalue weighted by Gasteiger charge is 2.14. The fraction of sp³-hybridized carbons (Fsp3) is 0.250. The van der Waals surface area contributed by atoms with Gasteiger partial charge in [-0.2, -0.15) is 0 Å². The van der Waals surface area contributed by atoms with Crippen molar-refractivity contribution < 1.29 is 4.39 Å². The number of hydrogen-bond donors (Lipinski definition) is 1. The van der Waals surface area contributed by atoms with Crippen molar-refractivity contribution in [3.8, 4) is 0 Å². The lowest BCUT2D eigenvalue weighted by Crippen LogP contribution is -2.22. The SMILES string of the molecule is CC(N[C@H](C)c1cccc(F)c1)c1ccc(Br)cc1Br. The van der Waals surface area contributed by atoms with Gasteiger partial charge in [0.2, 0.25) is 0 Å². The molecule has 0 fully saturated rings. The molecule has 0 aromatic heterocycles. The van der Waals surface area contributed by atoms with E-state index >= 15 is 0 Å². The Morgan fingerprint density at radius 2 is 1.75 bits per heavy atom. The Kier molecular flexibility index (Phi) is 5.35. The molecule has 0 aliphatic carbocycles. The number of nitrogens with one attached hydrogen (secondary N) is 1. The van der Waals surface area contributed by atoms with Crippen LogP contribution in [0.1, 0.15) is 37.1 Å². The largest absolute Gasteiger partial charge is 0.304 e. The number of halogens is 3. The predicted molar refractivity (Wildman–Crippen MR) is 88.2 cm³/mol. The normalized spacial score (nSPS) is 14.1. The van der Waals surface area contributed by atoms with E-state index in [-0.39, 0.29) is 17.9 Å². The van der Waals surface area contributed by atoms with Crippen LogP contribution >= 0.6 is 31.9 Å². The molecule has 0 aliphatic heterocycles. The molecule has 2 atom stereocenters. The quantitative estimate of drug-likeness (QED) is 0.687. The van der Waals surface area contributed by atoms with Crippen LogP contribution in [-0.4, -0.2) is 0 Å². The van der Waals surface area contributed by atoms with Crippen molar-refractivity contribution in [3.63, 3.8) is 0 Å². The first-order valence-electron chi connectivity index (χ1n) is 6.44. The van der Waals surface area contributed by atoms with Crippen LogP contribution in [0.2, 0.25) is 0 Å². The Morgan fingerprint density at radius 3 is 2.40 bits per heavy atom. The van der Waals surface area contributed by atoms with Crippen molar-refractivity contribution >= 4 is 31.9 Å². The lowest BCUT2D eigenvalue weighted by molar-refractivity contribution is 0.490. The summed E-state index contributed by atoms with van der Waals surface area (Å²) < 4.78 is 15.4. The monoisotopic (exact) mass is 399 g/mol. The first-order valence-corrected chi connectivity index (χ1v) is 8.02. The molecule has 0 amide bonds. The second-order valence-corrected chi connectivity index (χ2v) is 6.60. The van der Waals surface area contributed by atoms with E-state index in [0.717, 1.165) is 14.5 Å². The molecule has 20 heavy (non-hydrogen) atoms. The van der Waals surface area contributed by atoms with Crippen molar-refractivity contribution in [2.24, 2.45) is 0 Å². The average Bonchev–Trinajstić information content (AvgIpc) is 2.38. The molecular formula is C16H16Br2FN. The third kappa shape index (κ3) is 3.90. The molecule has 2 aromatic carbocycles. The van der Waals surface area contributed by atoms with Crippen LogP contribution < -0.4 is 5.32 Å². The van der Waals surface area contributed by atoms with Crippen molar-refractivity contribution in [1.82, 2.24) is 5.32 Å². The molecule has 2 rings (SSSR count). The van der Waals surface area contributed by atoms with E-state index in [9.17, 15) is 4.39 Å². The molecule has 0 aliphatic rings. The summed E-state index contributed by atoms with van der Waals surface area (Å²) in [6.45, 7) is 4.14. The van der Waals surface area contributed by atoms with E-state index in [2.05, 4.69) is 50.2 Å². The lowest BCUT2D eigenvalue weighted by Gasteiger charge is -2.22. The summed E-state index contributed by atoms with van der Waals surface area (Å²) in [5, 5.41) is 3.49. The van der Waals surface area contributed by atoms with Crippen LogP contribution in [0.15, 0.2) is 51.4 Å². The Hall–Kier alpha value is -0.710. The van der Waals surface area contributed by atoms with Crippen molar-refractivity contribution in [2.45, 2.75) is 25.9 Å². The van der Waals surface area contributed by atoms with E-state index in [1.165, 1.54) is 11.6 Å². The van der Waals surface area contributed by atoms with E-state index in [1.807, 2.05) is 25.1 Å². The summed E-state index contributed by atoms with van der Waals surface area (Å²) in [7, 11) is 0. The van der Waals surface area contributed by atoms with Gasteiger partial charge in [-0.15, -0.1) is 0 Å². The Labute approximate surface area is 135 Å². The van der Waals surface area contributed by atoms with Crippen molar-refractivity contribution in [2.75, 3.05) is 0 Å². The molecule has 4 heteroatoms. The van der Waals surface area contributed by atoms with Gasteiger partial charge in [-0.25, -0.2) is 4.39 Å². The first kappa shape index (κ1) is 15.7. The van der Waals surface area contributed by atoms with Crippen LogP contribution in [0.5, 0.6) is 0 Å². The van der Waals surface area contributed by atoms with Crippen LogP contribution in [0.4, 0.5) is 4.39 Å². The fourth-order valence-corrected chi connectivity index (χ4v) is 3.58. The van der Waals surface area contributed by atoms with Gasteiger partial charge in [0.25, 0.3) is 0 Å². The van der Waals surface area contributed by atoms with Gasteiger partial charge in [-0.3, -0.25) is 0 Å². The van der Waals surface area contributed by atoms with Gasteiger partial charge in [0.1, 0.15) is 5.82 Å². The van der Waals surface area contributed by atoms with Gasteiger partial charge >= 0.3 is 0 Å². The van der Waals surface area contributed by atoms with Crippen LogP contribution in [0, 0.1) is 5.82 Å². The molecule has 1 nitrogen and oxygen atoms in total. The lowest BCUT2D eigenvalue weighted by atomic mass is 10.0. The Morgan fingerprint density at radius 1 is 1.00 bits per heavy atom. The first-order chi connectivity index (χ1) is 9.47. The highest BCUT2D eigenvalue weighted by molar-refractivity contribution is 9.11. The minimum atomic E-state index is -0.200. The summed E-state index contributed by atoms with van der Waals surface area (Å²) in [5.41, 5.74) is 2.13. The van der Waals surface area contributed by atoms with Gasteiger partial charge in [0.05, 0.1) is 0 Å². The van der Waals surface area contributed by atoms with Crippen molar-refractivity contribution in [3.05, 3.63) is 68.4 Å². The minimum Gasteiger partial charge on any atom is -0.304 e. The van der Waals surface area contributed by atoms with Gasteiger partial charge in [0.15, 0.2) is 0 Å². The summed E-state index contributed by atoms with van der Waals surface area (Å²) >= 11 is 7.02. The molecule has 0 radical (unpaired) electrons. The van der Waals surface area contributed by atoms with E-state index in [1.54, 1.807) is 12.1 Å². The van der Waals surface area contributed by atoms with Crippen LogP contribution in [0.3, 0.4) is 0 Å². The highest BCUT2D eigenvalue weighted by atomic mass is 79.9. The maximum atomic E-state index is 13.3. The third-order valence-corrected chi connectivity index (χ3v) is 4.46. The van der Waals surface area contributed by atoms with Gasteiger partial charge in [0, 0.05) is 21.0 Å². The minimum absolute atomic E-state index is 0.0799. The summed E-state index contributed by atoms with van der Waals surface area (Å²) in [5.74, 6) is -0.200. The molecular weight excluding hydrogens is 385 g/mol. The zero-order valence-electron chi connectivity index (χ0n) is 11.3. The molecule has 0 spiro atoms. The number of rotatable bonds is 4. The molecule has 0 saturated heterocycles. The molecule has 2 aromatic rings. The molecule has 1 N–H and O–H groups in total. The maximum absolute atomic E-state index is 13.3. The van der Waals surface area contributed by atoms with Crippen LogP contribution in [-0.2, 0) is 0 Å². The molecule has 0 saturated carbocycles. The topological polar surface area (TPSA) is 12.0 Å². The average molecular weight is 401 g/mol. The van der Waals surface area contributed by atoms with Crippen molar-refractivity contribution in [1.29, 1.82) is 0 Å². The van der Waals surface area contributed by atoms with E-state index in [4.69, 9.17) is 0 Å². The molecule has 1 unspecified atom stereocenters. The summed E-state index contributed by atoms with van der Waals surface area (Å²) in [6.07, 6.45) is 0. The van der Waals surface area contributed by atoms with E-state index < -0.39 is 0 Å². The van der Waals surface area contributed by atoms with Gasteiger partial charge < -0.3 is 5.32 Å². The second kappa shape index (κ2) is 6.83. The fourth-order valence-electron chi connectivity index (χ4n) is 2.19. The number of benzene rings is 2. The maximum Gasteiger partial charge on any atom is 0.123 e. The van der Waals surface area contributed by atoms with Gasteiger partial charge in [-0.1, -0.05) is 50.1 Å². The summed E-state index contributed by atoms with van der Waals surface area (Å²) in [4.78, 5) is 0. The van der Waals surface area contributed by atoms with Gasteiger partial charge in [-0.05, 0) is 49.2 Å². The zero-order valence-corrected chi connectivity index (χ0v) is 14.5. The molecule has 0 bridgehead atoms. The highest BCUT2D eigenvalue weighted by Crippen LogP contribution is 2.28. The van der Waals surface area contributed by atoms with E-state index in [0.29, 0.717) is 0 Å². The molecule has 106 valence electrons. The third-order valence-electron chi connectivity index (χ3n) is 3.28. The Balaban J connectivity index is 2.12. The molecule has 0 heterocycles. The second-order valence-electron chi connectivity index (χ2n) is 4.83. The van der Waals surface area contributed by atoms with Crippen LogP contribution in [0.25, 0.3) is 0 Å². The Bertz CT molecular complexity index is 601.